The standard InChI is InChI=1S/C14H12ClN3O2S/c1-7-3-8(5-15)12(19)9(4-7)11-10(6-16)13(20)18-14(17-11)21-2/h3-4,19H,5H2,1-2H3,(H,17,18,20). The maximum atomic E-state index is 11.9. The number of nitriles is 1. The fraction of sp³-hybridized carbons (Fsp3) is 0.214. The minimum absolute atomic E-state index is 0.0581. The second-order valence-corrected chi connectivity index (χ2v) is 5.43. The van der Waals surface area contributed by atoms with Crippen LogP contribution in [-0.2, 0) is 5.88 Å². The first-order valence-electron chi connectivity index (χ1n) is 5.99. The summed E-state index contributed by atoms with van der Waals surface area (Å²) in [5.41, 5.74) is 1.23. The zero-order valence-corrected chi connectivity index (χ0v) is 13.0. The van der Waals surface area contributed by atoms with Crippen LogP contribution in [0.3, 0.4) is 0 Å². The maximum Gasteiger partial charge on any atom is 0.270 e. The van der Waals surface area contributed by atoms with E-state index in [0.29, 0.717) is 16.3 Å². The summed E-state index contributed by atoms with van der Waals surface area (Å²) in [5.74, 6) is 0.0679. The molecule has 0 aliphatic heterocycles. The largest absolute Gasteiger partial charge is 0.507 e. The third-order valence-electron chi connectivity index (χ3n) is 2.94. The van der Waals surface area contributed by atoms with Crippen molar-refractivity contribution in [2.45, 2.75) is 18.0 Å². The van der Waals surface area contributed by atoms with Gasteiger partial charge < -0.3 is 10.1 Å². The summed E-state index contributed by atoms with van der Waals surface area (Å²) in [5, 5.41) is 19.9. The second kappa shape index (κ2) is 6.20. The van der Waals surface area contributed by atoms with Gasteiger partial charge in [0.1, 0.15) is 23.1 Å². The highest BCUT2D eigenvalue weighted by Gasteiger charge is 2.18. The highest BCUT2D eigenvalue weighted by atomic mass is 35.5. The van der Waals surface area contributed by atoms with Gasteiger partial charge in [0.25, 0.3) is 5.56 Å². The van der Waals surface area contributed by atoms with Crippen molar-refractivity contribution in [3.8, 4) is 23.1 Å². The Morgan fingerprint density at radius 3 is 2.81 bits per heavy atom. The van der Waals surface area contributed by atoms with Gasteiger partial charge in [-0.15, -0.1) is 11.6 Å². The smallest absolute Gasteiger partial charge is 0.270 e. The number of aromatic hydroxyl groups is 1. The predicted molar refractivity (Wildman–Crippen MR) is 82.7 cm³/mol. The number of phenols is 1. The van der Waals surface area contributed by atoms with E-state index in [4.69, 9.17) is 11.6 Å². The number of alkyl halides is 1. The average molecular weight is 322 g/mol. The summed E-state index contributed by atoms with van der Waals surface area (Å²) >= 11 is 7.06. The Morgan fingerprint density at radius 2 is 2.24 bits per heavy atom. The molecule has 0 atom stereocenters. The first-order valence-corrected chi connectivity index (χ1v) is 7.75. The molecule has 0 saturated carbocycles. The highest BCUT2D eigenvalue weighted by Crippen LogP contribution is 2.34. The molecule has 7 heteroatoms. The van der Waals surface area contributed by atoms with Gasteiger partial charge in [-0.05, 0) is 24.8 Å². The van der Waals surface area contributed by atoms with Gasteiger partial charge in [0, 0.05) is 11.1 Å². The van der Waals surface area contributed by atoms with E-state index in [9.17, 15) is 15.2 Å². The molecule has 0 bridgehead atoms. The van der Waals surface area contributed by atoms with Gasteiger partial charge in [0.2, 0.25) is 0 Å². The Hall–Kier alpha value is -1.97. The number of thioether (sulfide) groups is 1. The summed E-state index contributed by atoms with van der Waals surface area (Å²) in [6, 6.07) is 5.27. The van der Waals surface area contributed by atoms with Gasteiger partial charge in [-0.2, -0.15) is 5.26 Å². The van der Waals surface area contributed by atoms with Gasteiger partial charge >= 0.3 is 0 Å². The molecule has 108 valence electrons. The predicted octanol–water partition coefficient (Wildman–Crippen LogP) is 2.78. The molecule has 2 rings (SSSR count). The lowest BCUT2D eigenvalue weighted by Crippen LogP contribution is -2.14. The molecule has 0 amide bonds. The van der Waals surface area contributed by atoms with Gasteiger partial charge in [-0.1, -0.05) is 17.8 Å². The molecule has 0 spiro atoms. The number of nitrogens with one attached hydrogen (secondary N) is 1. The molecule has 1 heterocycles. The molecule has 0 saturated heterocycles. The monoisotopic (exact) mass is 321 g/mol. The summed E-state index contributed by atoms with van der Waals surface area (Å²) in [7, 11) is 0. The quantitative estimate of drug-likeness (QED) is 0.515. The summed E-state index contributed by atoms with van der Waals surface area (Å²) < 4.78 is 0. The third-order valence-corrected chi connectivity index (χ3v) is 3.80. The van der Waals surface area contributed by atoms with Crippen molar-refractivity contribution in [3.05, 3.63) is 39.2 Å². The third kappa shape index (κ3) is 2.89. The molecule has 0 unspecified atom stereocenters. The van der Waals surface area contributed by atoms with Gasteiger partial charge in [-0.25, -0.2) is 4.98 Å². The first kappa shape index (κ1) is 15.4. The van der Waals surface area contributed by atoms with Crippen LogP contribution in [-0.4, -0.2) is 21.3 Å². The zero-order chi connectivity index (χ0) is 15.6. The molecule has 1 aromatic carbocycles. The molecule has 0 aliphatic rings. The molecule has 5 nitrogen and oxygen atoms in total. The minimum Gasteiger partial charge on any atom is -0.507 e. The van der Waals surface area contributed by atoms with Crippen molar-refractivity contribution in [1.82, 2.24) is 9.97 Å². The van der Waals surface area contributed by atoms with Crippen LogP contribution in [0.5, 0.6) is 5.75 Å². The molecule has 1 aromatic heterocycles. The molecular weight excluding hydrogens is 310 g/mol. The average Bonchev–Trinajstić information content (AvgIpc) is 2.48. The number of H-pyrrole nitrogens is 1. The topological polar surface area (TPSA) is 89.8 Å². The fourth-order valence-electron chi connectivity index (χ4n) is 1.98. The van der Waals surface area contributed by atoms with Crippen LogP contribution < -0.4 is 5.56 Å². The van der Waals surface area contributed by atoms with E-state index in [-0.39, 0.29) is 22.9 Å². The second-order valence-electron chi connectivity index (χ2n) is 4.36. The molecule has 2 aromatic rings. The molecular formula is C14H12ClN3O2S. The van der Waals surface area contributed by atoms with Crippen LogP contribution in [0.2, 0.25) is 0 Å². The van der Waals surface area contributed by atoms with E-state index in [1.54, 1.807) is 18.4 Å². The van der Waals surface area contributed by atoms with Crippen molar-refractivity contribution in [1.29, 1.82) is 5.26 Å². The van der Waals surface area contributed by atoms with E-state index < -0.39 is 5.56 Å². The van der Waals surface area contributed by atoms with Crippen LogP contribution in [0, 0.1) is 18.3 Å². The highest BCUT2D eigenvalue weighted by molar-refractivity contribution is 7.98. The van der Waals surface area contributed by atoms with E-state index in [1.807, 2.05) is 13.0 Å². The Kier molecular flexibility index (Phi) is 4.56. The Balaban J connectivity index is 2.84. The lowest BCUT2D eigenvalue weighted by Gasteiger charge is -2.11. The SMILES string of the molecule is CSc1nc(-c2cc(C)cc(CCl)c2O)c(C#N)c(=O)[nH]1. The fourth-order valence-corrected chi connectivity index (χ4v) is 2.57. The number of rotatable bonds is 3. The number of phenolic OH excluding ortho intramolecular Hbond substituents is 1. The van der Waals surface area contributed by atoms with E-state index in [2.05, 4.69) is 9.97 Å². The Bertz CT molecular complexity index is 796. The number of halogens is 1. The van der Waals surface area contributed by atoms with Crippen LogP contribution >= 0.6 is 23.4 Å². The number of aromatic amines is 1. The van der Waals surface area contributed by atoms with Crippen molar-refractivity contribution in [2.24, 2.45) is 0 Å². The molecule has 2 N–H and O–H groups in total. The minimum atomic E-state index is -0.528. The maximum absolute atomic E-state index is 11.9. The number of hydrogen-bond acceptors (Lipinski definition) is 5. The number of aryl methyl sites for hydroxylation is 1. The van der Waals surface area contributed by atoms with Gasteiger partial charge in [0.05, 0.1) is 5.88 Å². The Labute approximate surface area is 130 Å². The van der Waals surface area contributed by atoms with Crippen LogP contribution in [0.15, 0.2) is 22.1 Å². The molecule has 0 aliphatic carbocycles. The van der Waals surface area contributed by atoms with E-state index in [0.717, 1.165) is 5.56 Å². The van der Waals surface area contributed by atoms with Crippen LogP contribution in [0.1, 0.15) is 16.7 Å². The number of benzene rings is 1. The van der Waals surface area contributed by atoms with Gasteiger partial charge in [-0.3, -0.25) is 4.79 Å². The molecule has 21 heavy (non-hydrogen) atoms. The summed E-state index contributed by atoms with van der Waals surface area (Å²) in [4.78, 5) is 18.7. The van der Waals surface area contributed by atoms with Crippen molar-refractivity contribution in [2.75, 3.05) is 6.26 Å². The normalized spacial score (nSPS) is 10.4. The molecule has 0 radical (unpaired) electrons. The lowest BCUT2D eigenvalue weighted by molar-refractivity contribution is 0.472. The van der Waals surface area contributed by atoms with Crippen LogP contribution in [0.4, 0.5) is 0 Å². The zero-order valence-electron chi connectivity index (χ0n) is 11.4. The van der Waals surface area contributed by atoms with E-state index in [1.165, 1.54) is 11.8 Å². The van der Waals surface area contributed by atoms with Crippen LogP contribution in [0.25, 0.3) is 11.3 Å². The number of aromatic nitrogens is 2. The Morgan fingerprint density at radius 1 is 1.52 bits per heavy atom. The number of nitrogens with zero attached hydrogens (tertiary/aromatic N) is 2. The summed E-state index contributed by atoms with van der Waals surface area (Å²) in [6.45, 7) is 1.84. The first-order chi connectivity index (χ1) is 10.0. The van der Waals surface area contributed by atoms with Gasteiger partial charge in [0.15, 0.2) is 5.16 Å². The lowest BCUT2D eigenvalue weighted by atomic mass is 10.0. The summed E-state index contributed by atoms with van der Waals surface area (Å²) in [6.07, 6.45) is 1.76. The van der Waals surface area contributed by atoms with Crippen molar-refractivity contribution < 1.29 is 5.11 Å². The van der Waals surface area contributed by atoms with Crippen molar-refractivity contribution >= 4 is 23.4 Å². The van der Waals surface area contributed by atoms with Crippen molar-refractivity contribution in [3.63, 3.8) is 0 Å². The van der Waals surface area contributed by atoms with E-state index >= 15 is 0 Å². The molecule has 0 fully saturated rings. The number of hydrogen-bond donors (Lipinski definition) is 2.